The van der Waals surface area contributed by atoms with Crippen molar-refractivity contribution in [1.29, 1.82) is 0 Å². The Morgan fingerprint density at radius 1 is 0.971 bits per heavy atom. The number of hydrogen-bond acceptors (Lipinski definition) is 5. The van der Waals surface area contributed by atoms with E-state index >= 15 is 0 Å². The summed E-state index contributed by atoms with van der Waals surface area (Å²) < 4.78 is 1.69. The van der Waals surface area contributed by atoms with Crippen molar-refractivity contribution in [2.45, 2.75) is 6.92 Å². The highest BCUT2D eigenvalue weighted by Gasteiger charge is 2.26. The number of amides is 1. The molecule has 5 rings (SSSR count). The number of anilines is 1. The molecule has 8 nitrogen and oxygen atoms in total. The second kappa shape index (κ2) is 8.79. The van der Waals surface area contributed by atoms with Crippen LogP contribution in [0.2, 0.25) is 5.02 Å². The Morgan fingerprint density at radius 3 is 2.38 bits per heavy atom. The van der Waals surface area contributed by atoms with E-state index in [0.29, 0.717) is 29.4 Å². The predicted molar refractivity (Wildman–Crippen MR) is 130 cm³/mol. The van der Waals surface area contributed by atoms with Gasteiger partial charge in [0.15, 0.2) is 5.69 Å². The predicted octanol–water partition coefficient (Wildman–Crippen LogP) is 4.04. The molecule has 0 atom stereocenters. The number of fused-ring (bicyclic) bond motifs is 1. The highest BCUT2D eigenvalue weighted by Crippen LogP contribution is 2.26. The first kappa shape index (κ1) is 21.9. The van der Waals surface area contributed by atoms with Crippen LogP contribution < -0.4 is 4.90 Å². The number of hydrogen-bond donors (Lipinski definition) is 1. The van der Waals surface area contributed by atoms with Crippen molar-refractivity contribution >= 4 is 40.1 Å². The summed E-state index contributed by atoms with van der Waals surface area (Å²) in [5, 5.41) is 10.9. The lowest BCUT2D eigenvalue weighted by molar-refractivity contribution is 0.0688. The third-order valence-electron chi connectivity index (χ3n) is 5.98. The van der Waals surface area contributed by atoms with Crippen molar-refractivity contribution in [3.05, 3.63) is 82.8 Å². The summed E-state index contributed by atoms with van der Waals surface area (Å²) >= 11 is 6.00. The lowest BCUT2D eigenvalue weighted by Crippen LogP contribution is -2.48. The molecule has 1 aliphatic rings. The Hall–Kier alpha value is -3.91. The molecular formula is C25H22ClN5O3. The number of carbonyl (C=O) groups is 2. The van der Waals surface area contributed by atoms with Gasteiger partial charge in [-0.15, -0.1) is 0 Å². The van der Waals surface area contributed by atoms with Crippen LogP contribution in [0, 0.1) is 6.92 Å². The van der Waals surface area contributed by atoms with Gasteiger partial charge in [0.05, 0.1) is 11.1 Å². The lowest BCUT2D eigenvalue weighted by Gasteiger charge is -2.36. The summed E-state index contributed by atoms with van der Waals surface area (Å²) in [7, 11) is 0. The van der Waals surface area contributed by atoms with Crippen molar-refractivity contribution in [3.63, 3.8) is 0 Å². The van der Waals surface area contributed by atoms with Crippen LogP contribution in [-0.4, -0.2) is 62.6 Å². The molecule has 9 heteroatoms. The van der Waals surface area contributed by atoms with Crippen LogP contribution in [0.25, 0.3) is 16.9 Å². The van der Waals surface area contributed by atoms with E-state index in [4.69, 9.17) is 11.6 Å². The van der Waals surface area contributed by atoms with E-state index in [0.717, 1.165) is 29.7 Å². The van der Waals surface area contributed by atoms with Crippen molar-refractivity contribution in [2.75, 3.05) is 31.1 Å². The van der Waals surface area contributed by atoms with Crippen molar-refractivity contribution in [1.82, 2.24) is 19.4 Å². The van der Waals surface area contributed by atoms with Gasteiger partial charge in [-0.2, -0.15) is 0 Å². The van der Waals surface area contributed by atoms with Gasteiger partial charge in [-0.25, -0.2) is 14.8 Å². The molecule has 0 aliphatic carbocycles. The second-order valence-electron chi connectivity index (χ2n) is 8.19. The summed E-state index contributed by atoms with van der Waals surface area (Å²) in [6.07, 6.45) is 1.71. The zero-order valence-electron chi connectivity index (χ0n) is 18.5. The van der Waals surface area contributed by atoms with Crippen LogP contribution in [0.1, 0.15) is 26.5 Å². The molecule has 0 unspecified atom stereocenters. The fourth-order valence-electron chi connectivity index (χ4n) is 4.28. The normalized spacial score (nSPS) is 13.9. The molecule has 1 N–H and O–H groups in total. The lowest BCUT2D eigenvalue weighted by atomic mass is 10.1. The number of piperazine rings is 1. The maximum Gasteiger partial charge on any atom is 0.354 e. The molecule has 172 valence electrons. The van der Waals surface area contributed by atoms with E-state index in [1.807, 2.05) is 53.4 Å². The first-order valence-corrected chi connectivity index (χ1v) is 11.3. The molecule has 0 saturated carbocycles. The van der Waals surface area contributed by atoms with Gasteiger partial charge in [0, 0.05) is 54.2 Å². The number of carboxylic acid groups (broad SMARTS) is 1. The molecule has 1 aliphatic heterocycles. The Kier molecular flexibility index (Phi) is 5.67. The molecule has 2 aromatic heterocycles. The second-order valence-corrected chi connectivity index (χ2v) is 8.62. The highest BCUT2D eigenvalue weighted by molar-refractivity contribution is 6.30. The molecule has 1 fully saturated rings. The number of carbonyl (C=O) groups excluding carboxylic acids is 1. The number of aryl methyl sites for hydroxylation is 1. The van der Waals surface area contributed by atoms with Gasteiger partial charge in [0.1, 0.15) is 0 Å². The maximum atomic E-state index is 13.5. The van der Waals surface area contributed by atoms with Gasteiger partial charge >= 0.3 is 5.97 Å². The molecule has 2 aromatic carbocycles. The largest absolute Gasteiger partial charge is 0.477 e. The number of rotatable bonds is 4. The van der Waals surface area contributed by atoms with Crippen LogP contribution in [0.5, 0.6) is 0 Å². The standard InChI is InChI=1S/C25H22ClN5O3/c1-16-14-21(24(33)34)28-25(27-16)31-15-20(19-4-2-3-5-22(19)31)23(32)30-12-10-29(11-13-30)18-8-6-17(26)7-9-18/h2-9,14-15H,10-13H2,1H3,(H,33,34). The fraction of sp³-hybridized carbons (Fsp3) is 0.200. The van der Waals surface area contributed by atoms with Crippen molar-refractivity contribution in [3.8, 4) is 5.95 Å². The Bertz CT molecular complexity index is 1390. The van der Waals surface area contributed by atoms with Gasteiger partial charge in [0.2, 0.25) is 5.95 Å². The van der Waals surface area contributed by atoms with Crippen molar-refractivity contribution < 1.29 is 14.7 Å². The summed E-state index contributed by atoms with van der Waals surface area (Å²) in [6.45, 7) is 4.33. The van der Waals surface area contributed by atoms with E-state index in [9.17, 15) is 14.7 Å². The number of halogens is 1. The molecule has 3 heterocycles. The van der Waals surface area contributed by atoms with Gasteiger partial charge in [-0.1, -0.05) is 29.8 Å². The summed E-state index contributed by atoms with van der Waals surface area (Å²) in [6, 6.07) is 16.6. The van der Waals surface area contributed by atoms with Crippen LogP contribution in [0.15, 0.2) is 60.8 Å². The first-order valence-electron chi connectivity index (χ1n) is 10.9. The summed E-state index contributed by atoms with van der Waals surface area (Å²) in [5.74, 6) is -0.977. The third-order valence-corrected chi connectivity index (χ3v) is 6.23. The van der Waals surface area contributed by atoms with Crippen LogP contribution in [0.3, 0.4) is 0 Å². The minimum absolute atomic E-state index is 0.0724. The number of carboxylic acids is 1. The molecule has 0 bridgehead atoms. The average Bonchev–Trinajstić information content (AvgIpc) is 3.23. The van der Waals surface area contributed by atoms with E-state index in [1.54, 1.807) is 17.7 Å². The van der Waals surface area contributed by atoms with E-state index < -0.39 is 5.97 Å². The SMILES string of the molecule is Cc1cc(C(=O)O)nc(-n2cc(C(=O)N3CCN(c4ccc(Cl)cc4)CC3)c3ccccc32)n1. The number of benzene rings is 2. The fourth-order valence-corrected chi connectivity index (χ4v) is 4.40. The molecule has 1 amide bonds. The van der Waals surface area contributed by atoms with Gasteiger partial charge < -0.3 is 14.9 Å². The topological polar surface area (TPSA) is 91.6 Å². The number of nitrogens with zero attached hydrogens (tertiary/aromatic N) is 5. The van der Waals surface area contributed by atoms with Gasteiger partial charge in [-0.05, 0) is 43.3 Å². The Balaban J connectivity index is 1.44. The zero-order valence-corrected chi connectivity index (χ0v) is 19.2. The molecule has 0 spiro atoms. The Morgan fingerprint density at radius 2 is 1.68 bits per heavy atom. The molecular weight excluding hydrogens is 454 g/mol. The summed E-state index contributed by atoms with van der Waals surface area (Å²) in [4.78, 5) is 37.7. The van der Waals surface area contributed by atoms with Crippen LogP contribution >= 0.6 is 11.6 Å². The number of aromatic carboxylic acids is 1. The van der Waals surface area contributed by atoms with Crippen LogP contribution in [0.4, 0.5) is 5.69 Å². The zero-order chi connectivity index (χ0) is 23.8. The number of aromatic nitrogens is 3. The third kappa shape index (κ3) is 4.08. The Labute approximate surface area is 201 Å². The minimum Gasteiger partial charge on any atom is -0.477 e. The molecule has 0 radical (unpaired) electrons. The van der Waals surface area contributed by atoms with Crippen LogP contribution in [-0.2, 0) is 0 Å². The molecule has 4 aromatic rings. The molecule has 1 saturated heterocycles. The van der Waals surface area contributed by atoms with E-state index in [-0.39, 0.29) is 17.5 Å². The van der Waals surface area contributed by atoms with E-state index in [1.165, 1.54) is 6.07 Å². The van der Waals surface area contributed by atoms with E-state index in [2.05, 4.69) is 14.9 Å². The van der Waals surface area contributed by atoms with Gasteiger partial charge in [0.25, 0.3) is 5.91 Å². The number of para-hydroxylation sites is 1. The first-order chi connectivity index (χ1) is 16.4. The quantitative estimate of drug-likeness (QED) is 0.479. The molecule has 34 heavy (non-hydrogen) atoms. The smallest absolute Gasteiger partial charge is 0.354 e. The summed E-state index contributed by atoms with van der Waals surface area (Å²) in [5.41, 5.74) is 2.81. The maximum absolute atomic E-state index is 13.5. The van der Waals surface area contributed by atoms with Crippen molar-refractivity contribution in [2.24, 2.45) is 0 Å². The minimum atomic E-state index is -1.13. The average molecular weight is 476 g/mol. The monoisotopic (exact) mass is 475 g/mol. The highest BCUT2D eigenvalue weighted by atomic mass is 35.5. The van der Waals surface area contributed by atoms with Gasteiger partial charge in [-0.3, -0.25) is 9.36 Å².